The molecule has 0 aromatic carbocycles. The van der Waals surface area contributed by atoms with E-state index in [1.54, 1.807) is 18.3 Å². The van der Waals surface area contributed by atoms with Crippen molar-refractivity contribution in [3.63, 3.8) is 0 Å². The summed E-state index contributed by atoms with van der Waals surface area (Å²) in [6.45, 7) is 3.80. The Morgan fingerprint density at radius 1 is 1.40 bits per heavy atom. The Morgan fingerprint density at radius 3 is 2.80 bits per heavy atom. The van der Waals surface area contributed by atoms with Gasteiger partial charge in [0.15, 0.2) is 0 Å². The maximum absolute atomic E-state index is 5.64. The van der Waals surface area contributed by atoms with Crippen LogP contribution in [0.2, 0.25) is 0 Å². The predicted octanol–water partition coefficient (Wildman–Crippen LogP) is 2.42. The van der Waals surface area contributed by atoms with Gasteiger partial charge >= 0.3 is 0 Å². The summed E-state index contributed by atoms with van der Waals surface area (Å²) < 4.78 is 5.43. The molecule has 0 radical (unpaired) electrons. The van der Waals surface area contributed by atoms with Crippen LogP contribution in [-0.4, -0.2) is 9.97 Å². The van der Waals surface area contributed by atoms with E-state index in [1.807, 2.05) is 13.8 Å². The Hall–Kier alpha value is -1.49. The molecule has 0 aliphatic heterocycles. The maximum Gasteiger partial charge on any atom is 0.262 e. The van der Waals surface area contributed by atoms with Gasteiger partial charge < -0.3 is 10.2 Å². The Labute approximate surface area is 91.9 Å². The number of rotatable bonds is 2. The molecule has 0 aliphatic rings. The first kappa shape index (κ1) is 10.0. The van der Waals surface area contributed by atoms with Crippen molar-refractivity contribution in [3.8, 4) is 0 Å². The highest BCUT2D eigenvalue weighted by atomic mass is 32.2. The molecule has 78 valence electrons. The summed E-state index contributed by atoms with van der Waals surface area (Å²) in [5, 5.41) is 1.39. The molecule has 2 aromatic rings. The van der Waals surface area contributed by atoms with Gasteiger partial charge in [-0.1, -0.05) is 0 Å². The van der Waals surface area contributed by atoms with Crippen molar-refractivity contribution in [1.82, 2.24) is 9.97 Å². The van der Waals surface area contributed by atoms with Crippen LogP contribution in [0.25, 0.3) is 0 Å². The minimum Gasteiger partial charge on any atom is -0.436 e. The minimum absolute atomic E-state index is 0.600. The topological polar surface area (TPSA) is 64.9 Å². The summed E-state index contributed by atoms with van der Waals surface area (Å²) in [5.41, 5.74) is 7.23. The quantitative estimate of drug-likeness (QED) is 0.843. The highest BCUT2D eigenvalue weighted by Gasteiger charge is 2.08. The molecule has 4 nitrogen and oxygen atoms in total. The van der Waals surface area contributed by atoms with Crippen LogP contribution >= 0.6 is 11.8 Å². The summed E-state index contributed by atoms with van der Waals surface area (Å²) in [5.74, 6) is 0.835. The molecule has 2 heterocycles. The molecule has 0 saturated heterocycles. The van der Waals surface area contributed by atoms with Crippen LogP contribution in [0, 0.1) is 13.8 Å². The third kappa shape index (κ3) is 2.30. The number of nitrogens with two attached hydrogens (primary N) is 1. The zero-order chi connectivity index (χ0) is 10.8. The number of pyridine rings is 1. The van der Waals surface area contributed by atoms with Gasteiger partial charge in [-0.3, -0.25) is 0 Å². The Kier molecular flexibility index (Phi) is 2.64. The maximum atomic E-state index is 5.64. The molecule has 2 N–H and O–H groups in total. The first-order valence-electron chi connectivity index (χ1n) is 4.48. The standard InChI is InChI=1S/C10H11N3OS/c1-6-7(2)14-10(13-6)15-9-5-8(11)3-4-12-9/h3-5H,1-2H3,(H2,11,12). The van der Waals surface area contributed by atoms with Crippen LogP contribution in [0.15, 0.2) is 33.0 Å². The molecule has 15 heavy (non-hydrogen) atoms. The molecule has 0 saturated carbocycles. The number of anilines is 1. The number of aryl methyl sites for hydroxylation is 2. The summed E-state index contributed by atoms with van der Waals surface area (Å²) in [6, 6.07) is 3.54. The van der Waals surface area contributed by atoms with Crippen LogP contribution in [-0.2, 0) is 0 Å². The van der Waals surface area contributed by atoms with Crippen LogP contribution in [0.4, 0.5) is 5.69 Å². The van der Waals surface area contributed by atoms with E-state index in [9.17, 15) is 0 Å². The number of hydrogen-bond donors (Lipinski definition) is 1. The van der Waals surface area contributed by atoms with E-state index in [2.05, 4.69) is 9.97 Å². The molecule has 2 aromatic heterocycles. The lowest BCUT2D eigenvalue weighted by Gasteiger charge is -1.96. The number of nitrogen functional groups attached to an aromatic ring is 1. The molecule has 0 fully saturated rings. The smallest absolute Gasteiger partial charge is 0.262 e. The summed E-state index contributed by atoms with van der Waals surface area (Å²) in [4.78, 5) is 8.41. The molecular weight excluding hydrogens is 210 g/mol. The number of hydrogen-bond acceptors (Lipinski definition) is 5. The highest BCUT2D eigenvalue weighted by molar-refractivity contribution is 7.99. The minimum atomic E-state index is 0.600. The van der Waals surface area contributed by atoms with Gasteiger partial charge in [0, 0.05) is 11.9 Å². The van der Waals surface area contributed by atoms with Crippen molar-refractivity contribution < 1.29 is 4.42 Å². The summed E-state index contributed by atoms with van der Waals surface area (Å²) in [7, 11) is 0. The highest BCUT2D eigenvalue weighted by Crippen LogP contribution is 2.27. The fourth-order valence-electron chi connectivity index (χ4n) is 1.06. The average Bonchev–Trinajstić information content (AvgIpc) is 2.45. The lowest BCUT2D eigenvalue weighted by atomic mass is 10.4. The second-order valence-electron chi connectivity index (χ2n) is 3.15. The largest absolute Gasteiger partial charge is 0.436 e. The van der Waals surface area contributed by atoms with Crippen molar-refractivity contribution in [2.75, 3.05) is 5.73 Å². The predicted molar refractivity (Wildman–Crippen MR) is 58.7 cm³/mol. The molecule has 0 spiro atoms. The molecular formula is C10H11N3OS. The van der Waals surface area contributed by atoms with Crippen molar-refractivity contribution in [2.45, 2.75) is 24.1 Å². The molecule has 2 rings (SSSR count). The Balaban J connectivity index is 2.22. The van der Waals surface area contributed by atoms with Gasteiger partial charge in [0.05, 0.1) is 5.69 Å². The normalized spacial score (nSPS) is 10.5. The van der Waals surface area contributed by atoms with E-state index in [-0.39, 0.29) is 0 Å². The molecule has 5 heteroatoms. The Morgan fingerprint density at radius 2 is 2.20 bits per heavy atom. The van der Waals surface area contributed by atoms with Gasteiger partial charge in [-0.2, -0.15) is 0 Å². The second-order valence-corrected chi connectivity index (χ2v) is 4.12. The number of aromatic nitrogens is 2. The van der Waals surface area contributed by atoms with E-state index in [1.165, 1.54) is 11.8 Å². The second kappa shape index (κ2) is 3.94. The zero-order valence-electron chi connectivity index (χ0n) is 8.52. The van der Waals surface area contributed by atoms with Gasteiger partial charge in [-0.25, -0.2) is 9.97 Å². The Bertz CT molecular complexity index is 462. The SMILES string of the molecule is Cc1nc(Sc2cc(N)ccn2)oc1C. The number of nitrogens with zero attached hydrogens (tertiary/aromatic N) is 2. The summed E-state index contributed by atoms with van der Waals surface area (Å²) >= 11 is 1.37. The molecule has 0 amide bonds. The zero-order valence-corrected chi connectivity index (χ0v) is 9.34. The van der Waals surface area contributed by atoms with E-state index in [0.29, 0.717) is 10.9 Å². The first-order chi connectivity index (χ1) is 7.15. The van der Waals surface area contributed by atoms with Crippen LogP contribution in [0.1, 0.15) is 11.5 Å². The molecule has 0 bridgehead atoms. The van der Waals surface area contributed by atoms with Crippen molar-refractivity contribution in [1.29, 1.82) is 0 Å². The fraction of sp³-hybridized carbons (Fsp3) is 0.200. The van der Waals surface area contributed by atoms with Crippen molar-refractivity contribution >= 4 is 17.4 Å². The van der Waals surface area contributed by atoms with E-state index in [0.717, 1.165) is 16.5 Å². The lowest BCUT2D eigenvalue weighted by Crippen LogP contribution is -1.86. The molecule has 0 atom stereocenters. The van der Waals surface area contributed by atoms with Crippen LogP contribution in [0.5, 0.6) is 0 Å². The molecule has 0 unspecified atom stereocenters. The van der Waals surface area contributed by atoms with E-state index >= 15 is 0 Å². The van der Waals surface area contributed by atoms with Gasteiger partial charge in [-0.05, 0) is 37.7 Å². The van der Waals surface area contributed by atoms with Crippen molar-refractivity contribution in [2.24, 2.45) is 0 Å². The monoisotopic (exact) mass is 221 g/mol. The van der Waals surface area contributed by atoms with Crippen LogP contribution in [0.3, 0.4) is 0 Å². The first-order valence-corrected chi connectivity index (χ1v) is 5.30. The van der Waals surface area contributed by atoms with Gasteiger partial charge in [0.2, 0.25) is 0 Å². The van der Waals surface area contributed by atoms with Gasteiger partial charge in [0.25, 0.3) is 5.22 Å². The third-order valence-electron chi connectivity index (χ3n) is 1.96. The third-order valence-corrected chi connectivity index (χ3v) is 2.74. The fourth-order valence-corrected chi connectivity index (χ4v) is 1.89. The van der Waals surface area contributed by atoms with E-state index < -0.39 is 0 Å². The van der Waals surface area contributed by atoms with Crippen molar-refractivity contribution in [3.05, 3.63) is 29.8 Å². The van der Waals surface area contributed by atoms with Gasteiger partial charge in [0.1, 0.15) is 10.8 Å². The lowest BCUT2D eigenvalue weighted by molar-refractivity contribution is 0.431. The summed E-state index contributed by atoms with van der Waals surface area (Å²) in [6.07, 6.45) is 1.67. The molecule has 0 aliphatic carbocycles. The van der Waals surface area contributed by atoms with Gasteiger partial charge in [-0.15, -0.1) is 0 Å². The van der Waals surface area contributed by atoms with Crippen LogP contribution < -0.4 is 5.73 Å². The average molecular weight is 221 g/mol. The van der Waals surface area contributed by atoms with E-state index in [4.69, 9.17) is 10.2 Å². The number of oxazole rings is 1.